The van der Waals surface area contributed by atoms with Crippen LogP contribution < -0.4 is 5.32 Å². The first-order valence-corrected chi connectivity index (χ1v) is 4.04. The molecule has 1 N–H and O–H groups in total. The fourth-order valence-electron chi connectivity index (χ4n) is 1.17. The van der Waals surface area contributed by atoms with Crippen molar-refractivity contribution in [2.45, 2.75) is 0 Å². The van der Waals surface area contributed by atoms with Crippen LogP contribution in [0.3, 0.4) is 0 Å². The Morgan fingerprint density at radius 1 is 1.31 bits per heavy atom. The highest BCUT2D eigenvalue weighted by atomic mass is 16.6. The van der Waals surface area contributed by atoms with E-state index in [4.69, 9.17) is 4.74 Å². The summed E-state index contributed by atoms with van der Waals surface area (Å²) in [6.07, 6.45) is 1.52. The highest BCUT2D eigenvalue weighted by Crippen LogP contribution is 2.08. The molecular weight excluding hydrogens is 166 g/mol. The van der Waals surface area contributed by atoms with Gasteiger partial charge in [0.15, 0.2) is 0 Å². The highest BCUT2D eigenvalue weighted by molar-refractivity contribution is 5.75. The van der Waals surface area contributed by atoms with Gasteiger partial charge in [0.25, 0.3) is 0 Å². The lowest BCUT2D eigenvalue weighted by molar-refractivity contribution is 0.179. The summed E-state index contributed by atoms with van der Waals surface area (Å²) in [5.74, 6) is 0. The number of rotatable bonds is 1. The summed E-state index contributed by atoms with van der Waals surface area (Å²) in [6.45, 7) is 0.341. The van der Waals surface area contributed by atoms with E-state index in [2.05, 4.69) is 5.32 Å². The van der Waals surface area contributed by atoms with Gasteiger partial charge in [0.05, 0.1) is 5.70 Å². The number of cyclic esters (lactones) is 1. The van der Waals surface area contributed by atoms with Crippen LogP contribution in [-0.4, -0.2) is 12.7 Å². The predicted molar refractivity (Wildman–Crippen MR) is 48.9 cm³/mol. The maximum atomic E-state index is 10.7. The molecule has 0 aliphatic carbocycles. The van der Waals surface area contributed by atoms with Crippen LogP contribution in [0.4, 0.5) is 4.79 Å². The maximum absolute atomic E-state index is 10.7. The quantitative estimate of drug-likeness (QED) is 0.706. The maximum Gasteiger partial charge on any atom is 0.411 e. The summed E-state index contributed by atoms with van der Waals surface area (Å²) in [5.41, 5.74) is 1.86. The molecule has 3 nitrogen and oxygen atoms in total. The van der Waals surface area contributed by atoms with Crippen molar-refractivity contribution in [1.29, 1.82) is 0 Å². The number of carbonyl (C=O) groups is 1. The lowest BCUT2D eigenvalue weighted by atomic mass is 10.2. The number of amides is 1. The van der Waals surface area contributed by atoms with Gasteiger partial charge in [0.1, 0.15) is 6.61 Å². The summed E-state index contributed by atoms with van der Waals surface area (Å²) >= 11 is 0. The van der Waals surface area contributed by atoms with Crippen molar-refractivity contribution in [2.24, 2.45) is 0 Å². The first-order valence-electron chi connectivity index (χ1n) is 4.04. The van der Waals surface area contributed by atoms with Gasteiger partial charge in [-0.25, -0.2) is 4.79 Å². The van der Waals surface area contributed by atoms with Crippen LogP contribution in [0, 0.1) is 0 Å². The highest BCUT2D eigenvalue weighted by Gasteiger charge is 2.14. The Morgan fingerprint density at radius 3 is 2.69 bits per heavy atom. The zero-order chi connectivity index (χ0) is 9.10. The number of hydrogen-bond donors (Lipinski definition) is 1. The molecule has 3 heteroatoms. The van der Waals surface area contributed by atoms with Gasteiger partial charge in [-0.3, -0.25) is 5.32 Å². The number of benzene rings is 1. The molecule has 1 fully saturated rings. The van der Waals surface area contributed by atoms with Crippen LogP contribution in [-0.2, 0) is 4.74 Å². The molecule has 1 aromatic rings. The largest absolute Gasteiger partial charge is 0.443 e. The van der Waals surface area contributed by atoms with E-state index in [1.54, 1.807) is 0 Å². The number of carbonyl (C=O) groups excluding carboxylic acids is 1. The first kappa shape index (κ1) is 7.86. The third-order valence-corrected chi connectivity index (χ3v) is 1.76. The van der Waals surface area contributed by atoms with Gasteiger partial charge in [-0.1, -0.05) is 30.3 Å². The number of ether oxygens (including phenoxy) is 1. The summed E-state index contributed by atoms with van der Waals surface area (Å²) in [6, 6.07) is 9.79. The SMILES string of the molecule is O=C1N/C(=C/c2ccccc2)CO1. The molecule has 1 aliphatic rings. The molecule has 66 valence electrons. The minimum absolute atomic E-state index is 0.341. The Hall–Kier alpha value is -1.77. The van der Waals surface area contributed by atoms with Crippen molar-refractivity contribution in [3.05, 3.63) is 41.6 Å². The lowest BCUT2D eigenvalue weighted by Crippen LogP contribution is -2.10. The summed E-state index contributed by atoms with van der Waals surface area (Å²) in [5, 5.41) is 2.60. The van der Waals surface area contributed by atoms with Crippen LogP contribution in [0.25, 0.3) is 6.08 Å². The van der Waals surface area contributed by atoms with Crippen molar-refractivity contribution in [3.8, 4) is 0 Å². The second kappa shape index (κ2) is 3.31. The summed E-state index contributed by atoms with van der Waals surface area (Å²) in [7, 11) is 0. The van der Waals surface area contributed by atoms with Crippen LogP contribution in [0.1, 0.15) is 5.56 Å². The number of nitrogens with one attached hydrogen (secondary N) is 1. The summed E-state index contributed by atoms with van der Waals surface area (Å²) < 4.78 is 4.72. The van der Waals surface area contributed by atoms with Gasteiger partial charge in [-0.2, -0.15) is 0 Å². The van der Waals surface area contributed by atoms with Crippen LogP contribution in [0.15, 0.2) is 36.0 Å². The zero-order valence-corrected chi connectivity index (χ0v) is 6.99. The molecule has 0 saturated carbocycles. The molecule has 0 spiro atoms. The van der Waals surface area contributed by atoms with Crippen molar-refractivity contribution in [2.75, 3.05) is 6.61 Å². The molecule has 0 unspecified atom stereocenters. The van der Waals surface area contributed by atoms with Gasteiger partial charge in [0.2, 0.25) is 0 Å². The Morgan fingerprint density at radius 2 is 2.08 bits per heavy atom. The Balaban J connectivity index is 2.17. The van der Waals surface area contributed by atoms with Gasteiger partial charge < -0.3 is 4.74 Å². The van der Waals surface area contributed by atoms with Gasteiger partial charge in [-0.05, 0) is 11.6 Å². The fourth-order valence-corrected chi connectivity index (χ4v) is 1.17. The molecule has 13 heavy (non-hydrogen) atoms. The molecule has 0 aromatic heterocycles. The van der Waals surface area contributed by atoms with E-state index in [-0.39, 0.29) is 6.09 Å². The normalized spacial score (nSPS) is 18.5. The Kier molecular flexibility index (Phi) is 2.00. The number of hydrogen-bond acceptors (Lipinski definition) is 2. The van der Waals surface area contributed by atoms with Crippen molar-refractivity contribution in [3.63, 3.8) is 0 Å². The average molecular weight is 175 g/mol. The molecule has 1 saturated heterocycles. The molecule has 0 radical (unpaired) electrons. The molecule has 1 amide bonds. The van der Waals surface area contributed by atoms with E-state index in [0.717, 1.165) is 11.3 Å². The average Bonchev–Trinajstić information content (AvgIpc) is 2.53. The van der Waals surface area contributed by atoms with E-state index in [1.807, 2.05) is 36.4 Å². The Labute approximate surface area is 76.0 Å². The van der Waals surface area contributed by atoms with E-state index >= 15 is 0 Å². The number of alkyl carbamates (subject to hydrolysis) is 1. The third kappa shape index (κ3) is 1.87. The minimum Gasteiger partial charge on any atom is -0.443 e. The van der Waals surface area contributed by atoms with Gasteiger partial charge in [-0.15, -0.1) is 0 Å². The first-order chi connectivity index (χ1) is 6.34. The van der Waals surface area contributed by atoms with E-state index in [1.165, 1.54) is 0 Å². The summed E-state index contributed by atoms with van der Waals surface area (Å²) in [4.78, 5) is 10.7. The molecule has 1 aromatic carbocycles. The molecule has 0 atom stereocenters. The van der Waals surface area contributed by atoms with Gasteiger partial charge in [0, 0.05) is 0 Å². The minimum atomic E-state index is -0.373. The Bertz CT molecular complexity index is 343. The monoisotopic (exact) mass is 175 g/mol. The van der Waals surface area contributed by atoms with Crippen molar-refractivity contribution in [1.82, 2.24) is 5.32 Å². The molecular formula is C10H9NO2. The second-order valence-electron chi connectivity index (χ2n) is 2.78. The fraction of sp³-hybridized carbons (Fsp3) is 0.100. The standard InChI is InChI=1S/C10H9NO2/c12-10-11-9(7-13-10)6-8-4-2-1-3-5-8/h1-6H,7H2,(H,11,12)/b9-6+. The molecule has 1 aliphatic heterocycles. The van der Waals surface area contributed by atoms with Crippen molar-refractivity contribution >= 4 is 12.2 Å². The van der Waals surface area contributed by atoms with Crippen LogP contribution in [0.5, 0.6) is 0 Å². The molecule has 2 rings (SSSR count). The smallest absolute Gasteiger partial charge is 0.411 e. The van der Waals surface area contributed by atoms with E-state index in [0.29, 0.717) is 6.61 Å². The topological polar surface area (TPSA) is 38.3 Å². The molecule has 0 bridgehead atoms. The lowest BCUT2D eigenvalue weighted by Gasteiger charge is -1.94. The van der Waals surface area contributed by atoms with E-state index < -0.39 is 0 Å². The molecule has 1 heterocycles. The van der Waals surface area contributed by atoms with Crippen molar-refractivity contribution < 1.29 is 9.53 Å². The van der Waals surface area contributed by atoms with Gasteiger partial charge >= 0.3 is 6.09 Å². The zero-order valence-electron chi connectivity index (χ0n) is 6.99. The predicted octanol–water partition coefficient (Wildman–Crippen LogP) is 1.77. The second-order valence-corrected chi connectivity index (χ2v) is 2.78. The van der Waals surface area contributed by atoms with Crippen LogP contribution in [0.2, 0.25) is 0 Å². The van der Waals surface area contributed by atoms with E-state index in [9.17, 15) is 4.79 Å². The third-order valence-electron chi connectivity index (χ3n) is 1.76. The van der Waals surface area contributed by atoms with Crippen LogP contribution >= 0.6 is 0 Å².